The molecule has 3 unspecified atom stereocenters. The summed E-state index contributed by atoms with van der Waals surface area (Å²) in [7, 11) is 0. The number of carbonyl (C=O) groups excluding carboxylic acids is 3. The Labute approximate surface area is 210 Å². The molecule has 0 bridgehead atoms. The molecular weight excluding hydrogens is 446 g/mol. The van der Waals surface area contributed by atoms with Gasteiger partial charge < -0.3 is 25.4 Å². The molecule has 8 heteroatoms. The Morgan fingerprint density at radius 2 is 1.71 bits per heavy atom. The smallest absolute Gasteiger partial charge is 0.408 e. The molecule has 1 aromatic carbocycles. The normalized spacial score (nSPS) is 14.1. The molecule has 0 radical (unpaired) electrons. The lowest BCUT2D eigenvalue weighted by Gasteiger charge is -2.36. The van der Waals surface area contributed by atoms with Crippen LogP contribution in [-0.4, -0.2) is 58.8 Å². The van der Waals surface area contributed by atoms with Gasteiger partial charge in [-0.3, -0.25) is 9.59 Å². The van der Waals surface area contributed by atoms with E-state index in [1.807, 2.05) is 59.7 Å². The number of nitrogens with one attached hydrogen (secondary N) is 2. The number of aliphatic hydroxyl groups is 1. The van der Waals surface area contributed by atoms with Crippen LogP contribution in [0.25, 0.3) is 0 Å². The van der Waals surface area contributed by atoms with Crippen molar-refractivity contribution in [3.63, 3.8) is 0 Å². The fourth-order valence-corrected chi connectivity index (χ4v) is 3.95. The first-order valence-electron chi connectivity index (χ1n) is 12.5. The van der Waals surface area contributed by atoms with Crippen molar-refractivity contribution in [3.8, 4) is 0 Å². The zero-order valence-corrected chi connectivity index (χ0v) is 22.9. The maximum Gasteiger partial charge on any atom is 0.408 e. The average Bonchev–Trinajstić information content (AvgIpc) is 2.72. The van der Waals surface area contributed by atoms with Crippen molar-refractivity contribution in [1.29, 1.82) is 0 Å². The number of aryl methyl sites for hydroxylation is 1. The monoisotopic (exact) mass is 491 g/mol. The zero-order valence-electron chi connectivity index (χ0n) is 22.9. The maximum atomic E-state index is 13.9. The highest BCUT2D eigenvalue weighted by Crippen LogP contribution is 2.28. The Hall–Kier alpha value is -2.61. The van der Waals surface area contributed by atoms with Crippen LogP contribution in [0, 0.1) is 19.8 Å². The highest BCUT2D eigenvalue weighted by molar-refractivity contribution is 5.92. The van der Waals surface area contributed by atoms with Crippen LogP contribution in [-0.2, 0) is 14.3 Å². The van der Waals surface area contributed by atoms with E-state index in [0.717, 1.165) is 24.0 Å². The zero-order chi connectivity index (χ0) is 26.9. The van der Waals surface area contributed by atoms with Crippen LogP contribution in [0.3, 0.4) is 0 Å². The maximum absolute atomic E-state index is 13.9. The molecule has 0 aliphatic rings. The number of carbonyl (C=O) groups is 3. The van der Waals surface area contributed by atoms with Gasteiger partial charge in [-0.2, -0.15) is 0 Å². The van der Waals surface area contributed by atoms with Crippen molar-refractivity contribution < 1.29 is 24.2 Å². The molecular formula is C27H45N3O5. The number of ether oxygens (including phenoxy) is 1. The summed E-state index contributed by atoms with van der Waals surface area (Å²) in [6.45, 7) is 16.3. The molecule has 0 spiro atoms. The SMILES string of the molecule is CCCC(C)NC(=O)C(c1cccc(C)c1C)N(CCO)C(=O)C(NC(=O)OC(C)(C)C)C(C)C. The van der Waals surface area contributed by atoms with Crippen LogP contribution in [0.5, 0.6) is 0 Å². The number of hydrogen-bond donors (Lipinski definition) is 3. The standard InChI is InChI=1S/C27H45N3O5/c1-10-12-19(5)28-24(32)23(21-14-11-13-18(4)20(21)6)30(15-16-31)25(33)22(17(2)3)29-26(34)35-27(7,8)9/h11,13-14,17,19,22-23,31H,10,12,15-16H2,1-9H3,(H,28,32)(H,29,34). The van der Waals surface area contributed by atoms with Crippen molar-refractivity contribution in [2.45, 2.75) is 98.9 Å². The second-order valence-electron chi connectivity index (χ2n) is 10.5. The Balaban J connectivity index is 3.49. The molecule has 0 aromatic heterocycles. The molecule has 198 valence electrons. The minimum atomic E-state index is -0.962. The third-order valence-corrected chi connectivity index (χ3v) is 5.84. The van der Waals surface area contributed by atoms with E-state index in [1.165, 1.54) is 4.90 Å². The predicted octanol–water partition coefficient (Wildman–Crippen LogP) is 4.02. The predicted molar refractivity (Wildman–Crippen MR) is 138 cm³/mol. The molecule has 1 rings (SSSR count). The minimum absolute atomic E-state index is 0.0638. The van der Waals surface area contributed by atoms with Crippen molar-refractivity contribution in [2.75, 3.05) is 13.2 Å². The van der Waals surface area contributed by atoms with Gasteiger partial charge in [-0.1, -0.05) is 45.4 Å². The average molecular weight is 492 g/mol. The van der Waals surface area contributed by atoms with E-state index in [0.29, 0.717) is 5.56 Å². The minimum Gasteiger partial charge on any atom is -0.444 e. The Morgan fingerprint density at radius 1 is 1.09 bits per heavy atom. The van der Waals surface area contributed by atoms with Gasteiger partial charge in [-0.05, 0) is 70.6 Å². The number of benzene rings is 1. The number of aliphatic hydroxyl groups excluding tert-OH is 1. The first-order valence-corrected chi connectivity index (χ1v) is 12.5. The summed E-state index contributed by atoms with van der Waals surface area (Å²) in [4.78, 5) is 41.4. The van der Waals surface area contributed by atoms with Crippen molar-refractivity contribution >= 4 is 17.9 Å². The molecule has 0 fully saturated rings. The van der Waals surface area contributed by atoms with Gasteiger partial charge in [0.05, 0.1) is 6.61 Å². The van der Waals surface area contributed by atoms with Crippen LogP contribution in [0.2, 0.25) is 0 Å². The summed E-state index contributed by atoms with van der Waals surface area (Å²) in [6, 6.07) is 3.66. The van der Waals surface area contributed by atoms with Gasteiger partial charge in [-0.15, -0.1) is 0 Å². The molecule has 8 nitrogen and oxygen atoms in total. The van der Waals surface area contributed by atoms with E-state index in [1.54, 1.807) is 20.8 Å². The summed E-state index contributed by atoms with van der Waals surface area (Å²) in [5.41, 5.74) is 1.85. The topological polar surface area (TPSA) is 108 Å². The fraction of sp³-hybridized carbons (Fsp3) is 0.667. The van der Waals surface area contributed by atoms with Crippen molar-refractivity contribution in [2.24, 2.45) is 5.92 Å². The number of hydrogen-bond acceptors (Lipinski definition) is 5. The lowest BCUT2D eigenvalue weighted by atomic mass is 9.93. The summed E-state index contributed by atoms with van der Waals surface area (Å²) in [5.74, 6) is -1.05. The van der Waals surface area contributed by atoms with E-state index in [9.17, 15) is 19.5 Å². The molecule has 0 saturated carbocycles. The van der Waals surface area contributed by atoms with E-state index in [-0.39, 0.29) is 31.0 Å². The molecule has 3 atom stereocenters. The van der Waals surface area contributed by atoms with Gasteiger partial charge in [0, 0.05) is 12.6 Å². The van der Waals surface area contributed by atoms with E-state index in [2.05, 4.69) is 10.6 Å². The third kappa shape index (κ3) is 9.17. The van der Waals surface area contributed by atoms with Gasteiger partial charge >= 0.3 is 6.09 Å². The molecule has 0 saturated heterocycles. The molecule has 0 aliphatic heterocycles. The van der Waals surface area contributed by atoms with E-state index >= 15 is 0 Å². The first-order chi connectivity index (χ1) is 16.2. The van der Waals surface area contributed by atoms with Gasteiger partial charge in [0.1, 0.15) is 17.7 Å². The first kappa shape index (κ1) is 30.4. The number of alkyl carbamates (subject to hydrolysis) is 1. The number of amides is 3. The van der Waals surface area contributed by atoms with Crippen LogP contribution >= 0.6 is 0 Å². The lowest BCUT2D eigenvalue weighted by molar-refractivity contribution is -0.144. The molecule has 0 heterocycles. The number of rotatable bonds is 11. The lowest BCUT2D eigenvalue weighted by Crippen LogP contribution is -2.56. The third-order valence-electron chi connectivity index (χ3n) is 5.84. The van der Waals surface area contributed by atoms with Gasteiger partial charge in [0.2, 0.25) is 11.8 Å². The van der Waals surface area contributed by atoms with E-state index in [4.69, 9.17) is 4.74 Å². The summed E-state index contributed by atoms with van der Waals surface area (Å²) in [5, 5.41) is 15.6. The molecule has 1 aromatic rings. The largest absolute Gasteiger partial charge is 0.444 e. The summed E-state index contributed by atoms with van der Waals surface area (Å²) in [6.07, 6.45) is 0.996. The highest BCUT2D eigenvalue weighted by Gasteiger charge is 2.38. The molecule has 3 amide bonds. The second-order valence-corrected chi connectivity index (χ2v) is 10.5. The van der Waals surface area contributed by atoms with Gasteiger partial charge in [0.15, 0.2) is 0 Å². The Morgan fingerprint density at radius 3 is 2.23 bits per heavy atom. The van der Waals surface area contributed by atoms with Crippen LogP contribution < -0.4 is 10.6 Å². The second kappa shape index (κ2) is 13.5. The molecule has 0 aliphatic carbocycles. The van der Waals surface area contributed by atoms with Crippen LogP contribution in [0.4, 0.5) is 4.79 Å². The molecule has 3 N–H and O–H groups in total. The Kier molecular flexibility index (Phi) is 11.7. The number of nitrogens with zero attached hydrogens (tertiary/aromatic N) is 1. The fourth-order valence-electron chi connectivity index (χ4n) is 3.95. The Bertz CT molecular complexity index is 863. The van der Waals surface area contributed by atoms with Crippen LogP contribution in [0.15, 0.2) is 18.2 Å². The van der Waals surface area contributed by atoms with E-state index < -0.39 is 29.7 Å². The van der Waals surface area contributed by atoms with Gasteiger partial charge in [-0.25, -0.2) is 4.79 Å². The van der Waals surface area contributed by atoms with Crippen LogP contribution in [0.1, 0.15) is 84.0 Å². The summed E-state index contributed by atoms with van der Waals surface area (Å²) >= 11 is 0. The molecule has 35 heavy (non-hydrogen) atoms. The van der Waals surface area contributed by atoms with Crippen molar-refractivity contribution in [1.82, 2.24) is 15.5 Å². The quantitative estimate of drug-likeness (QED) is 0.433. The summed E-state index contributed by atoms with van der Waals surface area (Å²) < 4.78 is 5.37. The van der Waals surface area contributed by atoms with Gasteiger partial charge in [0.25, 0.3) is 0 Å². The van der Waals surface area contributed by atoms with Crippen molar-refractivity contribution in [3.05, 3.63) is 34.9 Å². The highest BCUT2D eigenvalue weighted by atomic mass is 16.6.